The largest absolute Gasteiger partial charge is 0.287 e. The topological polar surface area (TPSA) is 24.4 Å². The maximum absolute atomic E-state index is 3.83. The first-order valence-corrected chi connectivity index (χ1v) is 2.46. The second-order valence-corrected chi connectivity index (χ2v) is 1.93. The van der Waals surface area contributed by atoms with Crippen LogP contribution in [0.3, 0.4) is 0 Å². The van der Waals surface area contributed by atoms with E-state index in [9.17, 15) is 0 Å². The number of halogens is 1. The summed E-state index contributed by atoms with van der Waals surface area (Å²) in [6.45, 7) is 2.52. The molecule has 6 heavy (non-hydrogen) atoms. The molecule has 0 aromatic heterocycles. The Balaban J connectivity index is 2.45. The molecule has 1 aliphatic heterocycles. The minimum absolute atomic E-state index is 0.847. The van der Waals surface area contributed by atoms with Gasteiger partial charge in [-0.1, -0.05) is 0 Å². The lowest BCUT2D eigenvalue weighted by Gasteiger charge is -1.77. The van der Waals surface area contributed by atoms with Gasteiger partial charge in [-0.05, 0) is 15.9 Å². The third-order valence-electron chi connectivity index (χ3n) is 0.544. The number of nitrogens with one attached hydrogen (secondary N) is 1. The summed E-state index contributed by atoms with van der Waals surface area (Å²) in [5.74, 6) is 0. The molecule has 3 heteroatoms. The lowest BCUT2D eigenvalue weighted by molar-refractivity contribution is 0.965. The summed E-state index contributed by atoms with van der Waals surface area (Å²) in [4.78, 5) is 3.83. The summed E-state index contributed by atoms with van der Waals surface area (Å²) in [5.41, 5.74) is 0. The fraction of sp³-hybridized carbons (Fsp3) is 0.333. The Labute approximate surface area is 44.8 Å². The number of hydrogen-bond donors (Lipinski definition) is 1. The van der Waals surface area contributed by atoms with Crippen molar-refractivity contribution in [2.24, 2.45) is 4.99 Å². The van der Waals surface area contributed by atoms with Crippen molar-refractivity contribution in [3.05, 3.63) is 6.67 Å². The first kappa shape index (κ1) is 4.27. The van der Waals surface area contributed by atoms with Crippen LogP contribution in [0.5, 0.6) is 0 Å². The molecular weight excluding hydrogens is 144 g/mol. The molecule has 33 valence electrons. The molecule has 0 atom stereocenters. The van der Waals surface area contributed by atoms with Crippen molar-refractivity contribution in [2.45, 2.75) is 0 Å². The van der Waals surface area contributed by atoms with Gasteiger partial charge >= 0.3 is 0 Å². The van der Waals surface area contributed by atoms with E-state index < -0.39 is 0 Å². The van der Waals surface area contributed by atoms with Crippen LogP contribution in [0, 0.1) is 6.67 Å². The monoisotopic (exact) mass is 147 g/mol. The van der Waals surface area contributed by atoms with Crippen molar-refractivity contribution in [1.82, 2.24) is 5.32 Å². The minimum atomic E-state index is 0.847. The number of aliphatic imine (C=N–C) groups is 1. The maximum Gasteiger partial charge on any atom is 0.137 e. The van der Waals surface area contributed by atoms with Gasteiger partial charge in [-0.25, -0.2) is 0 Å². The van der Waals surface area contributed by atoms with Crippen LogP contribution in [-0.2, 0) is 0 Å². The number of nitrogens with zero attached hydrogens (tertiary/aromatic N) is 1. The van der Waals surface area contributed by atoms with E-state index in [1.165, 1.54) is 0 Å². The molecule has 2 nitrogen and oxygen atoms in total. The van der Waals surface area contributed by atoms with Gasteiger partial charge in [0.15, 0.2) is 0 Å². The smallest absolute Gasteiger partial charge is 0.137 e. The Morgan fingerprint density at radius 2 is 2.83 bits per heavy atom. The molecule has 0 aromatic carbocycles. The molecule has 1 aliphatic rings. The van der Waals surface area contributed by atoms with E-state index in [0.717, 1.165) is 11.2 Å². The molecule has 0 amide bonds. The maximum atomic E-state index is 3.83. The zero-order chi connectivity index (χ0) is 4.41. The zero-order valence-corrected chi connectivity index (χ0v) is 4.70. The van der Waals surface area contributed by atoms with Gasteiger partial charge in [-0.3, -0.25) is 10.3 Å². The highest BCUT2D eigenvalue weighted by Gasteiger charge is 1.97. The quantitative estimate of drug-likeness (QED) is 0.531. The third-order valence-corrected chi connectivity index (χ3v) is 1.03. The molecular formula is C3H4BrN2. The second-order valence-electron chi connectivity index (χ2n) is 1.02. The van der Waals surface area contributed by atoms with Crippen molar-refractivity contribution in [1.29, 1.82) is 0 Å². The third kappa shape index (κ3) is 0.786. The number of rotatable bonds is 0. The molecule has 1 rings (SSSR count). The van der Waals surface area contributed by atoms with Crippen molar-refractivity contribution < 1.29 is 0 Å². The molecule has 0 fully saturated rings. The van der Waals surface area contributed by atoms with E-state index in [0.29, 0.717) is 0 Å². The van der Waals surface area contributed by atoms with Crippen LogP contribution in [0.2, 0.25) is 0 Å². The van der Waals surface area contributed by atoms with E-state index in [4.69, 9.17) is 0 Å². The molecule has 0 aromatic rings. The lowest BCUT2D eigenvalue weighted by Crippen LogP contribution is -2.05. The van der Waals surface area contributed by atoms with E-state index >= 15 is 0 Å². The van der Waals surface area contributed by atoms with Crippen molar-refractivity contribution in [3.63, 3.8) is 0 Å². The first-order valence-electron chi connectivity index (χ1n) is 1.67. The van der Waals surface area contributed by atoms with Gasteiger partial charge in [0.1, 0.15) is 6.67 Å². The highest BCUT2D eigenvalue weighted by molar-refractivity contribution is 9.18. The summed E-state index contributed by atoms with van der Waals surface area (Å²) >= 11 is 3.19. The summed E-state index contributed by atoms with van der Waals surface area (Å²) in [6.07, 6.45) is 0. The fourth-order valence-electron chi connectivity index (χ4n) is 0.291. The van der Waals surface area contributed by atoms with Crippen LogP contribution >= 0.6 is 15.9 Å². The van der Waals surface area contributed by atoms with Gasteiger partial charge in [0.05, 0.1) is 4.62 Å². The van der Waals surface area contributed by atoms with Crippen LogP contribution in [0.4, 0.5) is 0 Å². The molecule has 1 N–H and O–H groups in total. The highest BCUT2D eigenvalue weighted by Crippen LogP contribution is 1.94. The predicted molar refractivity (Wildman–Crippen MR) is 28.7 cm³/mol. The first-order chi connectivity index (χ1) is 2.89. The Morgan fingerprint density at radius 3 is 3.00 bits per heavy atom. The van der Waals surface area contributed by atoms with Crippen molar-refractivity contribution in [3.8, 4) is 0 Å². The molecule has 0 bridgehead atoms. The molecule has 1 heterocycles. The van der Waals surface area contributed by atoms with E-state index in [2.05, 4.69) is 26.2 Å². The van der Waals surface area contributed by atoms with Crippen LogP contribution in [0.15, 0.2) is 4.99 Å². The minimum Gasteiger partial charge on any atom is -0.287 e. The van der Waals surface area contributed by atoms with Gasteiger partial charge in [0, 0.05) is 6.54 Å². The van der Waals surface area contributed by atoms with Gasteiger partial charge in [0.2, 0.25) is 0 Å². The summed E-state index contributed by atoms with van der Waals surface area (Å²) in [7, 11) is 0. The average Bonchev–Trinajstić information content (AvgIpc) is 1.86. The van der Waals surface area contributed by atoms with Crippen LogP contribution in [0.1, 0.15) is 0 Å². The van der Waals surface area contributed by atoms with Crippen LogP contribution in [-0.4, -0.2) is 11.2 Å². The molecule has 0 aliphatic carbocycles. The van der Waals surface area contributed by atoms with Gasteiger partial charge in [0.25, 0.3) is 0 Å². The van der Waals surface area contributed by atoms with Gasteiger partial charge < -0.3 is 0 Å². The Morgan fingerprint density at radius 1 is 2.00 bits per heavy atom. The Bertz CT molecular complexity index is 78.9. The average molecular weight is 148 g/mol. The Kier molecular flexibility index (Phi) is 1.22. The summed E-state index contributed by atoms with van der Waals surface area (Å²) < 4.78 is 0.975. The molecule has 0 spiro atoms. The van der Waals surface area contributed by atoms with E-state index in [1.807, 2.05) is 0 Å². The SMILES string of the molecule is BrC1=N[CH]NC1. The molecule has 1 radical (unpaired) electrons. The normalized spacial score (nSPS) is 21.2. The van der Waals surface area contributed by atoms with E-state index in [1.54, 1.807) is 6.67 Å². The standard InChI is InChI=1S/C3H4BrN2/c4-3-1-5-2-6-3/h2,5H,1H2. The molecule has 0 unspecified atom stereocenters. The van der Waals surface area contributed by atoms with Crippen LogP contribution < -0.4 is 5.32 Å². The molecule has 0 saturated heterocycles. The zero-order valence-electron chi connectivity index (χ0n) is 3.11. The summed E-state index contributed by atoms with van der Waals surface area (Å²) in [5, 5.41) is 2.90. The number of hydrogen-bond acceptors (Lipinski definition) is 2. The van der Waals surface area contributed by atoms with Crippen molar-refractivity contribution in [2.75, 3.05) is 6.54 Å². The van der Waals surface area contributed by atoms with E-state index in [-0.39, 0.29) is 0 Å². The summed E-state index contributed by atoms with van der Waals surface area (Å²) in [6, 6.07) is 0. The highest BCUT2D eigenvalue weighted by atomic mass is 79.9. The Hall–Kier alpha value is 0.110. The lowest BCUT2D eigenvalue weighted by atomic mass is 10.8. The van der Waals surface area contributed by atoms with Crippen molar-refractivity contribution >= 4 is 20.6 Å². The second kappa shape index (κ2) is 1.71. The van der Waals surface area contributed by atoms with Gasteiger partial charge in [-0.2, -0.15) is 0 Å². The van der Waals surface area contributed by atoms with Crippen LogP contribution in [0.25, 0.3) is 0 Å². The molecule has 0 saturated carbocycles. The predicted octanol–water partition coefficient (Wildman–Crippen LogP) is 0.502. The van der Waals surface area contributed by atoms with Gasteiger partial charge in [-0.15, -0.1) is 0 Å². The fourth-order valence-corrected chi connectivity index (χ4v) is 0.555.